The Morgan fingerprint density at radius 2 is 1.79 bits per heavy atom. The van der Waals surface area contributed by atoms with Crippen LogP contribution in [0.15, 0.2) is 11.6 Å². The number of hydrogen-bond donors (Lipinski definition) is 0. The summed E-state index contributed by atoms with van der Waals surface area (Å²) in [6.45, 7) is 13.4. The first-order valence-corrected chi connectivity index (χ1v) is 12.8. The molecule has 2 heterocycles. The summed E-state index contributed by atoms with van der Waals surface area (Å²) in [5, 5.41) is 0. The molecule has 212 valence electrons. The molecule has 0 N–H and O–H groups in total. The molecule has 1 fully saturated rings. The van der Waals surface area contributed by atoms with Crippen LogP contribution in [0.5, 0.6) is 11.5 Å². The van der Waals surface area contributed by atoms with E-state index in [1.165, 1.54) is 0 Å². The van der Waals surface area contributed by atoms with E-state index in [4.69, 9.17) is 23.7 Å². The minimum atomic E-state index is -0.765. The Balaban J connectivity index is 0.00000507. The predicted molar refractivity (Wildman–Crippen MR) is 144 cm³/mol. The molecule has 38 heavy (non-hydrogen) atoms. The van der Waals surface area contributed by atoms with E-state index >= 15 is 0 Å². The molecule has 2 aliphatic heterocycles. The minimum Gasteiger partial charge on any atom is -0.496 e. The van der Waals surface area contributed by atoms with Gasteiger partial charge in [0.25, 0.3) is 0 Å². The van der Waals surface area contributed by atoms with Gasteiger partial charge in [0.1, 0.15) is 24.5 Å². The van der Waals surface area contributed by atoms with Crippen molar-refractivity contribution in [2.45, 2.75) is 60.5 Å². The van der Waals surface area contributed by atoms with Crippen LogP contribution in [0.25, 0.3) is 0 Å². The number of methoxy groups -OCH3 is 1. The lowest BCUT2D eigenvalue weighted by Gasteiger charge is -2.26. The van der Waals surface area contributed by atoms with Gasteiger partial charge in [0, 0.05) is 37.2 Å². The van der Waals surface area contributed by atoms with Gasteiger partial charge in [0.05, 0.1) is 25.7 Å². The molecule has 0 spiro atoms. The SMILES string of the molecule is COc1c(C)c2c(c(OC(=O)C(C)(C)C)c1CC=C(C)CCC(=O)OCCN1CCOCC1)C(=O)OC2.Cl. The van der Waals surface area contributed by atoms with Crippen LogP contribution in [0.3, 0.4) is 0 Å². The number of morpholine rings is 1. The quantitative estimate of drug-likeness (QED) is 0.240. The van der Waals surface area contributed by atoms with Crippen molar-refractivity contribution in [2.75, 3.05) is 46.6 Å². The number of carbonyl (C=O) groups excluding carboxylic acids is 3. The van der Waals surface area contributed by atoms with Crippen LogP contribution in [0, 0.1) is 12.3 Å². The number of cyclic esters (lactones) is 1. The van der Waals surface area contributed by atoms with Gasteiger partial charge < -0.3 is 23.7 Å². The van der Waals surface area contributed by atoms with E-state index in [0.717, 1.165) is 24.2 Å². The molecule has 2 aliphatic rings. The van der Waals surface area contributed by atoms with Crippen molar-refractivity contribution in [2.24, 2.45) is 5.41 Å². The zero-order valence-electron chi connectivity index (χ0n) is 23.3. The normalized spacial score (nSPS) is 15.8. The summed E-state index contributed by atoms with van der Waals surface area (Å²) in [7, 11) is 1.55. The second-order valence-electron chi connectivity index (χ2n) is 10.5. The molecule has 9 nitrogen and oxygen atoms in total. The average molecular weight is 554 g/mol. The fraction of sp³-hybridized carbons (Fsp3) is 0.607. The summed E-state index contributed by atoms with van der Waals surface area (Å²) in [6, 6.07) is 0. The number of ether oxygens (including phenoxy) is 5. The summed E-state index contributed by atoms with van der Waals surface area (Å²) in [4.78, 5) is 39.8. The first-order valence-electron chi connectivity index (χ1n) is 12.8. The summed E-state index contributed by atoms with van der Waals surface area (Å²) in [5.74, 6) is -0.470. The van der Waals surface area contributed by atoms with Gasteiger partial charge >= 0.3 is 17.9 Å². The number of allylic oxidation sites excluding steroid dienone is 2. The molecule has 0 bridgehead atoms. The third-order valence-corrected chi connectivity index (χ3v) is 6.59. The molecule has 0 aromatic heterocycles. The highest BCUT2D eigenvalue weighted by Crippen LogP contribution is 2.43. The minimum absolute atomic E-state index is 0. The van der Waals surface area contributed by atoms with E-state index in [2.05, 4.69) is 4.90 Å². The first kappa shape index (κ1) is 31.6. The maximum absolute atomic E-state index is 12.8. The number of esters is 3. The molecular weight excluding hydrogens is 514 g/mol. The Morgan fingerprint density at radius 3 is 2.42 bits per heavy atom. The molecule has 0 amide bonds. The Kier molecular flexibility index (Phi) is 11.6. The van der Waals surface area contributed by atoms with Crippen LogP contribution in [-0.4, -0.2) is 69.4 Å². The number of nitrogens with zero attached hydrogens (tertiary/aromatic N) is 1. The smallest absolute Gasteiger partial charge is 0.342 e. The average Bonchev–Trinajstić information content (AvgIpc) is 3.25. The molecule has 3 rings (SSSR count). The van der Waals surface area contributed by atoms with Gasteiger partial charge in [-0.3, -0.25) is 14.5 Å². The molecule has 1 aromatic rings. The molecule has 0 aliphatic carbocycles. The van der Waals surface area contributed by atoms with Crippen molar-refractivity contribution in [3.8, 4) is 11.5 Å². The van der Waals surface area contributed by atoms with E-state index in [9.17, 15) is 14.4 Å². The molecule has 1 saturated heterocycles. The van der Waals surface area contributed by atoms with Gasteiger partial charge in [-0.15, -0.1) is 12.4 Å². The van der Waals surface area contributed by atoms with Crippen molar-refractivity contribution in [1.29, 1.82) is 0 Å². The summed E-state index contributed by atoms with van der Waals surface area (Å²) in [5.41, 5.74) is 2.54. The molecule has 0 atom stereocenters. The fourth-order valence-corrected chi connectivity index (χ4v) is 4.23. The van der Waals surface area contributed by atoms with Crippen molar-refractivity contribution < 1.29 is 38.1 Å². The van der Waals surface area contributed by atoms with Gasteiger partial charge in [0.15, 0.2) is 5.75 Å². The number of rotatable bonds is 10. The Bertz CT molecular complexity index is 1050. The zero-order valence-corrected chi connectivity index (χ0v) is 24.1. The summed E-state index contributed by atoms with van der Waals surface area (Å²) >= 11 is 0. The van der Waals surface area contributed by atoms with E-state index in [-0.39, 0.29) is 42.7 Å². The largest absolute Gasteiger partial charge is 0.496 e. The lowest BCUT2D eigenvalue weighted by Crippen LogP contribution is -2.38. The van der Waals surface area contributed by atoms with E-state index < -0.39 is 17.4 Å². The highest BCUT2D eigenvalue weighted by Gasteiger charge is 2.35. The van der Waals surface area contributed by atoms with Crippen LogP contribution in [0.1, 0.15) is 67.6 Å². The van der Waals surface area contributed by atoms with Crippen LogP contribution < -0.4 is 9.47 Å². The molecule has 10 heteroatoms. The van der Waals surface area contributed by atoms with Crippen molar-refractivity contribution in [3.63, 3.8) is 0 Å². The van der Waals surface area contributed by atoms with Crippen LogP contribution in [-0.2, 0) is 36.8 Å². The molecule has 0 saturated carbocycles. The molecule has 1 aromatic carbocycles. The zero-order chi connectivity index (χ0) is 27.2. The monoisotopic (exact) mass is 553 g/mol. The van der Waals surface area contributed by atoms with Crippen molar-refractivity contribution in [1.82, 2.24) is 4.90 Å². The van der Waals surface area contributed by atoms with Crippen molar-refractivity contribution in [3.05, 3.63) is 33.9 Å². The maximum Gasteiger partial charge on any atom is 0.342 e. The molecule has 0 radical (unpaired) electrons. The second-order valence-corrected chi connectivity index (χ2v) is 10.5. The molecular formula is C28H40ClNO8. The first-order chi connectivity index (χ1) is 17.5. The molecule has 0 unspecified atom stereocenters. The Labute approximate surface area is 231 Å². The fourth-order valence-electron chi connectivity index (χ4n) is 4.23. The third kappa shape index (κ3) is 7.94. The van der Waals surface area contributed by atoms with Gasteiger partial charge in [-0.25, -0.2) is 4.79 Å². The lowest BCUT2D eigenvalue weighted by molar-refractivity contribution is -0.144. The number of benzene rings is 1. The van der Waals surface area contributed by atoms with E-state index in [1.54, 1.807) is 27.9 Å². The number of fused-ring (bicyclic) bond motifs is 1. The Morgan fingerprint density at radius 1 is 1.11 bits per heavy atom. The number of carbonyl (C=O) groups is 3. The van der Waals surface area contributed by atoms with Crippen molar-refractivity contribution >= 4 is 30.3 Å². The lowest BCUT2D eigenvalue weighted by atomic mass is 9.93. The summed E-state index contributed by atoms with van der Waals surface area (Å²) in [6.07, 6.45) is 3.11. The van der Waals surface area contributed by atoms with Gasteiger partial charge in [-0.05, 0) is 53.0 Å². The highest BCUT2D eigenvalue weighted by molar-refractivity contribution is 5.99. The second kappa shape index (κ2) is 14.0. The van der Waals surface area contributed by atoms with Gasteiger partial charge in [-0.1, -0.05) is 11.6 Å². The highest BCUT2D eigenvalue weighted by atomic mass is 35.5. The van der Waals surface area contributed by atoms with Crippen LogP contribution in [0.2, 0.25) is 0 Å². The van der Waals surface area contributed by atoms with Gasteiger partial charge in [0.2, 0.25) is 0 Å². The third-order valence-electron chi connectivity index (χ3n) is 6.59. The Hall–Kier alpha value is -2.62. The standard InChI is InChI=1S/C28H39NO8.ClH/c1-18(8-10-22(30)35-16-13-29-11-14-34-15-12-29)7-9-20-24(33-6)19(2)21-17-36-26(31)23(21)25(20)37-27(32)28(3,4)5;/h7H,8-17H2,1-6H3;1H. The van der Waals surface area contributed by atoms with Gasteiger partial charge in [-0.2, -0.15) is 0 Å². The van der Waals surface area contributed by atoms with E-state index in [0.29, 0.717) is 56.1 Å². The topological polar surface area (TPSA) is 101 Å². The maximum atomic E-state index is 12.8. The predicted octanol–water partition coefficient (Wildman–Crippen LogP) is 4.19. The number of halogens is 1. The summed E-state index contributed by atoms with van der Waals surface area (Å²) < 4.78 is 27.5. The van der Waals surface area contributed by atoms with Crippen LogP contribution in [0.4, 0.5) is 0 Å². The van der Waals surface area contributed by atoms with Crippen LogP contribution >= 0.6 is 12.4 Å². The van der Waals surface area contributed by atoms with E-state index in [1.807, 2.05) is 19.9 Å². The number of hydrogen-bond acceptors (Lipinski definition) is 9.